The summed E-state index contributed by atoms with van der Waals surface area (Å²) in [6, 6.07) is 11.9. The summed E-state index contributed by atoms with van der Waals surface area (Å²) in [5.41, 5.74) is 6.48. The Labute approximate surface area is 119 Å². The van der Waals surface area contributed by atoms with Gasteiger partial charge in [-0.05, 0) is 37.8 Å². The van der Waals surface area contributed by atoms with Gasteiger partial charge in [0.2, 0.25) is 0 Å². The van der Waals surface area contributed by atoms with Crippen LogP contribution in [0.5, 0.6) is 5.75 Å². The zero-order chi connectivity index (χ0) is 14.0. The molecule has 0 bridgehead atoms. The van der Waals surface area contributed by atoms with E-state index >= 15 is 0 Å². The first-order valence-corrected chi connectivity index (χ1v) is 6.86. The lowest BCUT2D eigenvalue weighted by Crippen LogP contribution is -2.27. The predicted molar refractivity (Wildman–Crippen MR) is 84.8 cm³/mol. The van der Waals surface area contributed by atoms with Crippen molar-refractivity contribution in [3.05, 3.63) is 42.0 Å². The number of thiocarbonyl (C=S) groups is 1. The lowest BCUT2D eigenvalue weighted by molar-refractivity contribution is 0.107. The maximum Gasteiger partial charge on any atom is 0.127 e. The molecule has 3 heteroatoms. The molecule has 0 radical (unpaired) electrons. The fraction of sp³-hybridized carbons (Fsp3) is 0.312. The summed E-state index contributed by atoms with van der Waals surface area (Å²) in [4.78, 5) is 0.414. The van der Waals surface area contributed by atoms with Gasteiger partial charge in [-0.2, -0.15) is 0 Å². The monoisotopic (exact) mass is 273 g/mol. The van der Waals surface area contributed by atoms with E-state index in [0.717, 1.165) is 28.5 Å². The molecule has 0 aliphatic rings. The standard InChI is InChI=1S/C16H19NOS/c1-4-16(2,3)18-14-10-9-13(15(17)19)11-7-5-6-8-12(11)14/h5-10H,4H2,1-3H3,(H2,17,19). The lowest BCUT2D eigenvalue weighted by atomic mass is 10.0. The van der Waals surface area contributed by atoms with Gasteiger partial charge in [0.05, 0.1) is 0 Å². The van der Waals surface area contributed by atoms with Crippen LogP contribution in [0.3, 0.4) is 0 Å². The number of fused-ring (bicyclic) bond motifs is 1. The largest absolute Gasteiger partial charge is 0.487 e. The summed E-state index contributed by atoms with van der Waals surface area (Å²) in [6.07, 6.45) is 0.943. The Morgan fingerprint density at radius 1 is 1.16 bits per heavy atom. The highest BCUT2D eigenvalue weighted by Crippen LogP contribution is 2.31. The fourth-order valence-electron chi connectivity index (χ4n) is 1.95. The van der Waals surface area contributed by atoms with Gasteiger partial charge >= 0.3 is 0 Å². The smallest absolute Gasteiger partial charge is 0.127 e. The van der Waals surface area contributed by atoms with Crippen molar-refractivity contribution < 1.29 is 4.74 Å². The molecule has 0 unspecified atom stereocenters. The lowest BCUT2D eigenvalue weighted by Gasteiger charge is -2.26. The van der Waals surface area contributed by atoms with Crippen LogP contribution in [0.1, 0.15) is 32.8 Å². The average Bonchev–Trinajstić information content (AvgIpc) is 2.38. The van der Waals surface area contributed by atoms with Crippen LogP contribution in [-0.4, -0.2) is 10.6 Å². The highest BCUT2D eigenvalue weighted by Gasteiger charge is 2.18. The van der Waals surface area contributed by atoms with Gasteiger partial charge in [0.25, 0.3) is 0 Å². The molecule has 2 rings (SSSR count). The Kier molecular flexibility index (Phi) is 3.76. The van der Waals surface area contributed by atoms with E-state index in [2.05, 4.69) is 20.8 Å². The molecule has 0 spiro atoms. The summed E-state index contributed by atoms with van der Waals surface area (Å²) >= 11 is 5.10. The SMILES string of the molecule is CCC(C)(C)Oc1ccc(C(N)=S)c2ccccc12. The van der Waals surface area contributed by atoms with Gasteiger partial charge in [-0.15, -0.1) is 0 Å². The molecule has 0 amide bonds. The van der Waals surface area contributed by atoms with Gasteiger partial charge in [0, 0.05) is 10.9 Å². The molecule has 2 N–H and O–H groups in total. The van der Waals surface area contributed by atoms with Crippen molar-refractivity contribution in [3.8, 4) is 5.75 Å². The first-order valence-electron chi connectivity index (χ1n) is 6.45. The quantitative estimate of drug-likeness (QED) is 0.854. The minimum absolute atomic E-state index is 0.187. The van der Waals surface area contributed by atoms with E-state index in [1.807, 2.05) is 36.4 Å². The first-order chi connectivity index (χ1) is 8.94. The number of rotatable bonds is 4. The fourth-order valence-corrected chi connectivity index (χ4v) is 2.12. The van der Waals surface area contributed by atoms with Crippen molar-refractivity contribution in [2.75, 3.05) is 0 Å². The molecule has 0 aromatic heterocycles. The molecular formula is C16H19NOS. The zero-order valence-electron chi connectivity index (χ0n) is 11.6. The van der Waals surface area contributed by atoms with Gasteiger partial charge < -0.3 is 10.5 Å². The normalized spacial score (nSPS) is 11.5. The zero-order valence-corrected chi connectivity index (χ0v) is 12.4. The van der Waals surface area contributed by atoms with E-state index in [1.54, 1.807) is 0 Å². The van der Waals surface area contributed by atoms with Crippen molar-refractivity contribution in [2.45, 2.75) is 32.8 Å². The van der Waals surface area contributed by atoms with Crippen LogP contribution in [0.25, 0.3) is 10.8 Å². The van der Waals surface area contributed by atoms with Crippen LogP contribution in [0, 0.1) is 0 Å². The van der Waals surface area contributed by atoms with Gasteiger partial charge in [0.1, 0.15) is 16.3 Å². The predicted octanol–water partition coefficient (Wildman–Crippen LogP) is 4.04. The molecule has 100 valence electrons. The average molecular weight is 273 g/mol. The van der Waals surface area contributed by atoms with Gasteiger partial charge in [-0.3, -0.25) is 0 Å². The van der Waals surface area contributed by atoms with Crippen molar-refractivity contribution in [3.63, 3.8) is 0 Å². The summed E-state index contributed by atoms with van der Waals surface area (Å²) in [7, 11) is 0. The third-order valence-electron chi connectivity index (χ3n) is 3.39. The molecule has 19 heavy (non-hydrogen) atoms. The Balaban J connectivity index is 2.59. The topological polar surface area (TPSA) is 35.2 Å². The van der Waals surface area contributed by atoms with Crippen LogP contribution < -0.4 is 10.5 Å². The van der Waals surface area contributed by atoms with E-state index < -0.39 is 0 Å². The number of benzene rings is 2. The van der Waals surface area contributed by atoms with Crippen molar-refractivity contribution in [2.24, 2.45) is 5.73 Å². The Hall–Kier alpha value is -1.61. The molecule has 0 saturated heterocycles. The van der Waals surface area contributed by atoms with E-state index in [4.69, 9.17) is 22.7 Å². The molecular weight excluding hydrogens is 254 g/mol. The molecule has 0 aliphatic carbocycles. The van der Waals surface area contributed by atoms with Gasteiger partial charge in [-0.25, -0.2) is 0 Å². The number of ether oxygens (including phenoxy) is 1. The molecule has 2 aromatic rings. The highest BCUT2D eigenvalue weighted by molar-refractivity contribution is 7.80. The van der Waals surface area contributed by atoms with Crippen LogP contribution in [0.15, 0.2) is 36.4 Å². The molecule has 0 aliphatic heterocycles. The molecule has 0 saturated carbocycles. The highest BCUT2D eigenvalue weighted by atomic mass is 32.1. The minimum atomic E-state index is -0.187. The molecule has 0 atom stereocenters. The van der Waals surface area contributed by atoms with E-state index in [9.17, 15) is 0 Å². The number of hydrogen-bond acceptors (Lipinski definition) is 2. The maximum absolute atomic E-state index is 6.11. The third-order valence-corrected chi connectivity index (χ3v) is 3.61. The Morgan fingerprint density at radius 3 is 2.37 bits per heavy atom. The summed E-state index contributed by atoms with van der Waals surface area (Å²) in [6.45, 7) is 6.29. The second-order valence-corrected chi connectivity index (χ2v) is 5.68. The summed E-state index contributed by atoms with van der Waals surface area (Å²) < 4.78 is 6.11. The maximum atomic E-state index is 6.11. The van der Waals surface area contributed by atoms with Crippen LogP contribution >= 0.6 is 12.2 Å². The first kappa shape index (κ1) is 13.8. The van der Waals surface area contributed by atoms with Crippen LogP contribution in [0.2, 0.25) is 0 Å². The Bertz CT molecular complexity index is 619. The van der Waals surface area contributed by atoms with Crippen LogP contribution in [0.4, 0.5) is 0 Å². The van der Waals surface area contributed by atoms with Crippen molar-refractivity contribution >= 4 is 28.0 Å². The van der Waals surface area contributed by atoms with Gasteiger partial charge in [0.15, 0.2) is 0 Å². The molecule has 2 aromatic carbocycles. The Morgan fingerprint density at radius 2 is 1.79 bits per heavy atom. The van der Waals surface area contributed by atoms with Crippen molar-refractivity contribution in [1.29, 1.82) is 0 Å². The van der Waals surface area contributed by atoms with E-state index in [0.29, 0.717) is 4.99 Å². The molecule has 0 fully saturated rings. The second kappa shape index (κ2) is 5.17. The third kappa shape index (κ3) is 2.87. The number of nitrogens with two attached hydrogens (primary N) is 1. The minimum Gasteiger partial charge on any atom is -0.487 e. The van der Waals surface area contributed by atoms with Gasteiger partial charge in [-0.1, -0.05) is 43.4 Å². The molecule has 0 heterocycles. The van der Waals surface area contributed by atoms with Crippen LogP contribution in [-0.2, 0) is 0 Å². The van der Waals surface area contributed by atoms with E-state index in [1.165, 1.54) is 0 Å². The van der Waals surface area contributed by atoms with Crippen molar-refractivity contribution in [1.82, 2.24) is 0 Å². The second-order valence-electron chi connectivity index (χ2n) is 5.24. The molecule has 2 nitrogen and oxygen atoms in total. The summed E-state index contributed by atoms with van der Waals surface area (Å²) in [5.74, 6) is 0.877. The number of hydrogen-bond donors (Lipinski definition) is 1. The van der Waals surface area contributed by atoms with E-state index in [-0.39, 0.29) is 5.60 Å². The summed E-state index contributed by atoms with van der Waals surface area (Å²) in [5, 5.41) is 2.09.